The molecule has 7 heteroatoms. The van der Waals surface area contributed by atoms with E-state index in [4.69, 9.17) is 4.98 Å². The van der Waals surface area contributed by atoms with Crippen molar-refractivity contribution in [3.8, 4) is 10.6 Å². The number of aryl methyl sites for hydroxylation is 1. The Morgan fingerprint density at radius 1 is 1.10 bits per heavy atom. The number of carbonyl (C=O) groups is 2. The molecule has 158 valence electrons. The smallest absolute Gasteiger partial charge is 0.282 e. The van der Waals surface area contributed by atoms with E-state index in [9.17, 15) is 9.59 Å². The number of nitrogens with zero attached hydrogens (tertiary/aromatic N) is 1. The molecule has 0 aliphatic rings. The van der Waals surface area contributed by atoms with Gasteiger partial charge < -0.3 is 15.5 Å². The van der Waals surface area contributed by atoms with Gasteiger partial charge >= 0.3 is 0 Å². The minimum atomic E-state index is -0.352. The third-order valence-electron chi connectivity index (χ3n) is 4.96. The molecule has 1 heterocycles. The Morgan fingerprint density at radius 2 is 1.80 bits per heavy atom. The summed E-state index contributed by atoms with van der Waals surface area (Å²) in [5.41, 5.74) is 3.97. The molecule has 6 nitrogen and oxygen atoms in total. The van der Waals surface area contributed by atoms with E-state index in [0.717, 1.165) is 26.7 Å². The molecule has 0 radical (unpaired) electrons. The molecule has 0 bridgehead atoms. The van der Waals surface area contributed by atoms with Gasteiger partial charge in [0.25, 0.3) is 11.8 Å². The normalized spacial score (nSPS) is 13.3. The molecule has 3 aromatic rings. The quantitative estimate of drug-likeness (QED) is 0.545. The van der Waals surface area contributed by atoms with Gasteiger partial charge in [0.15, 0.2) is 12.6 Å². The highest BCUT2D eigenvalue weighted by atomic mass is 32.1. The first kappa shape index (κ1) is 21.9. The van der Waals surface area contributed by atoms with Gasteiger partial charge in [0.1, 0.15) is 5.01 Å². The number of fused-ring (bicyclic) bond motifs is 1. The van der Waals surface area contributed by atoms with Crippen molar-refractivity contribution in [2.75, 3.05) is 18.9 Å². The number of likely N-dealkylation sites (N-methyl/N-ethyl adjacent to an activating group) is 1. The zero-order valence-electron chi connectivity index (χ0n) is 18.1. The number of benzene rings is 2. The molecular formula is C23H29N4O2S+. The number of thiazole rings is 1. The molecule has 1 aromatic heterocycles. The maximum atomic E-state index is 12.6. The van der Waals surface area contributed by atoms with Gasteiger partial charge in [-0.25, -0.2) is 4.98 Å². The van der Waals surface area contributed by atoms with Crippen LogP contribution in [0.15, 0.2) is 42.5 Å². The second-order valence-corrected chi connectivity index (χ2v) is 9.05. The Hall–Kier alpha value is -2.77. The van der Waals surface area contributed by atoms with Crippen LogP contribution in [0.5, 0.6) is 0 Å². The summed E-state index contributed by atoms with van der Waals surface area (Å²) in [6.45, 7) is 7.99. The summed E-state index contributed by atoms with van der Waals surface area (Å²) < 4.78 is 1.17. The summed E-state index contributed by atoms with van der Waals surface area (Å²) in [6.07, 6.45) is 0. The third-order valence-corrected chi connectivity index (χ3v) is 6.03. The number of nitrogens with one attached hydrogen (secondary N) is 3. The van der Waals surface area contributed by atoms with Gasteiger partial charge in [-0.1, -0.05) is 6.07 Å². The molecule has 2 amide bonds. The van der Waals surface area contributed by atoms with Crippen LogP contribution >= 0.6 is 11.3 Å². The molecule has 3 N–H and O–H groups in total. The van der Waals surface area contributed by atoms with Crippen LogP contribution in [-0.4, -0.2) is 42.5 Å². The van der Waals surface area contributed by atoms with Gasteiger partial charge in [-0.05, 0) is 69.7 Å². The zero-order valence-corrected chi connectivity index (χ0v) is 18.9. The van der Waals surface area contributed by atoms with Crippen LogP contribution in [0.4, 0.5) is 5.69 Å². The highest BCUT2D eigenvalue weighted by Crippen LogP contribution is 2.31. The number of rotatable bonds is 7. The number of aromatic nitrogens is 1. The summed E-state index contributed by atoms with van der Waals surface area (Å²) in [6, 6.07) is 13.7. The van der Waals surface area contributed by atoms with Crippen molar-refractivity contribution in [1.29, 1.82) is 0 Å². The lowest BCUT2D eigenvalue weighted by atomic mass is 10.2. The molecule has 0 fully saturated rings. The fourth-order valence-electron chi connectivity index (χ4n) is 3.11. The predicted octanol–water partition coefficient (Wildman–Crippen LogP) is 2.64. The van der Waals surface area contributed by atoms with E-state index >= 15 is 0 Å². The minimum Gasteiger partial charge on any atom is -0.349 e. The van der Waals surface area contributed by atoms with E-state index in [1.54, 1.807) is 11.3 Å². The van der Waals surface area contributed by atoms with Gasteiger partial charge in [-0.15, -0.1) is 11.3 Å². The summed E-state index contributed by atoms with van der Waals surface area (Å²) in [4.78, 5) is 30.1. The van der Waals surface area contributed by atoms with Crippen LogP contribution in [0.1, 0.15) is 26.3 Å². The van der Waals surface area contributed by atoms with Crippen molar-refractivity contribution in [1.82, 2.24) is 10.3 Å². The first-order valence-corrected chi connectivity index (χ1v) is 10.9. The molecule has 0 saturated carbocycles. The first-order valence-electron chi connectivity index (χ1n) is 10.1. The number of anilines is 1. The monoisotopic (exact) mass is 425 g/mol. The highest BCUT2D eigenvalue weighted by Gasteiger charge is 2.24. The Bertz CT molecular complexity index is 1040. The van der Waals surface area contributed by atoms with Crippen LogP contribution < -0.4 is 15.5 Å². The summed E-state index contributed by atoms with van der Waals surface area (Å²) in [5.74, 6) is -0.175. The average Bonchev–Trinajstić information content (AvgIpc) is 3.10. The van der Waals surface area contributed by atoms with Gasteiger partial charge in [-0.2, -0.15) is 0 Å². The van der Waals surface area contributed by atoms with Gasteiger partial charge in [0.05, 0.1) is 17.3 Å². The van der Waals surface area contributed by atoms with E-state index in [1.807, 2.05) is 58.2 Å². The maximum absolute atomic E-state index is 12.6. The molecular weight excluding hydrogens is 396 g/mol. The number of carbonyl (C=O) groups excluding carboxylic acids is 2. The van der Waals surface area contributed by atoms with Crippen LogP contribution in [0, 0.1) is 6.92 Å². The summed E-state index contributed by atoms with van der Waals surface area (Å²) >= 11 is 1.66. The Labute approximate surface area is 181 Å². The lowest BCUT2D eigenvalue weighted by Crippen LogP contribution is -3.15. The lowest BCUT2D eigenvalue weighted by molar-refractivity contribution is -0.885. The molecule has 3 rings (SSSR count). The van der Waals surface area contributed by atoms with Crippen LogP contribution in [-0.2, 0) is 9.59 Å². The van der Waals surface area contributed by atoms with Crippen molar-refractivity contribution >= 4 is 39.1 Å². The van der Waals surface area contributed by atoms with Crippen molar-refractivity contribution in [2.24, 2.45) is 0 Å². The molecule has 30 heavy (non-hydrogen) atoms. The second-order valence-electron chi connectivity index (χ2n) is 8.02. The topological polar surface area (TPSA) is 75.5 Å². The molecule has 0 spiro atoms. The molecule has 0 aliphatic heterocycles. The Morgan fingerprint density at radius 3 is 2.47 bits per heavy atom. The first-order chi connectivity index (χ1) is 14.2. The maximum Gasteiger partial charge on any atom is 0.282 e. The predicted molar refractivity (Wildman–Crippen MR) is 123 cm³/mol. The van der Waals surface area contributed by atoms with Crippen molar-refractivity contribution in [3.63, 3.8) is 0 Å². The van der Waals surface area contributed by atoms with Crippen LogP contribution in [0.2, 0.25) is 0 Å². The van der Waals surface area contributed by atoms with Crippen molar-refractivity contribution in [2.45, 2.75) is 39.8 Å². The Balaban J connectivity index is 1.63. The Kier molecular flexibility index (Phi) is 6.84. The van der Waals surface area contributed by atoms with E-state index < -0.39 is 0 Å². The van der Waals surface area contributed by atoms with Crippen LogP contribution in [0.25, 0.3) is 20.8 Å². The van der Waals surface area contributed by atoms with Crippen molar-refractivity contribution < 1.29 is 14.5 Å². The van der Waals surface area contributed by atoms with E-state index in [1.165, 1.54) is 10.3 Å². The largest absolute Gasteiger partial charge is 0.349 e. The van der Waals surface area contributed by atoms with E-state index in [0.29, 0.717) is 0 Å². The molecule has 2 atom stereocenters. The second kappa shape index (κ2) is 9.36. The lowest BCUT2D eigenvalue weighted by Gasteiger charge is -2.21. The molecule has 1 unspecified atom stereocenters. The molecule has 2 aromatic carbocycles. The summed E-state index contributed by atoms with van der Waals surface area (Å²) in [7, 11) is 1.85. The summed E-state index contributed by atoms with van der Waals surface area (Å²) in [5, 5.41) is 6.76. The fourth-order valence-corrected chi connectivity index (χ4v) is 4.17. The highest BCUT2D eigenvalue weighted by molar-refractivity contribution is 7.21. The molecule has 0 aliphatic carbocycles. The SMILES string of the molecule is Cc1ccc2nc(-c3ccc(NC(=O)[C@H](C)[NH+](C)CC(=O)NC(C)C)cc3)sc2c1. The number of amides is 2. The number of hydrogen-bond acceptors (Lipinski definition) is 4. The average molecular weight is 426 g/mol. The fraction of sp³-hybridized carbons (Fsp3) is 0.348. The van der Waals surface area contributed by atoms with E-state index in [-0.39, 0.29) is 30.4 Å². The minimum absolute atomic E-state index is 0.0578. The standard InChI is InChI=1S/C23H28N4O2S/c1-14(2)24-21(28)13-27(5)16(4)22(29)25-18-9-7-17(8-10-18)23-26-19-11-6-15(3)12-20(19)30-23/h6-12,14,16H,13H2,1-5H3,(H,24,28)(H,25,29)/p+1/t16-/m0/s1. The van der Waals surface area contributed by atoms with Gasteiger partial charge in [-0.3, -0.25) is 9.59 Å². The zero-order chi connectivity index (χ0) is 21.8. The van der Waals surface area contributed by atoms with Gasteiger partial charge in [0, 0.05) is 17.3 Å². The van der Waals surface area contributed by atoms with Crippen molar-refractivity contribution in [3.05, 3.63) is 48.0 Å². The number of hydrogen-bond donors (Lipinski definition) is 3. The van der Waals surface area contributed by atoms with Gasteiger partial charge in [0.2, 0.25) is 0 Å². The van der Waals surface area contributed by atoms with Crippen LogP contribution in [0.3, 0.4) is 0 Å². The molecule has 0 saturated heterocycles. The third kappa shape index (κ3) is 5.43. The number of quaternary nitrogens is 1. The van der Waals surface area contributed by atoms with E-state index in [2.05, 4.69) is 29.7 Å².